The van der Waals surface area contributed by atoms with Gasteiger partial charge in [0.2, 0.25) is 5.91 Å². The molecule has 0 aliphatic carbocycles. The maximum absolute atomic E-state index is 13.0. The topological polar surface area (TPSA) is 117 Å². The molecular weight excluding hydrogens is 466 g/mol. The summed E-state index contributed by atoms with van der Waals surface area (Å²) in [5, 5.41) is 6.13. The zero-order valence-corrected chi connectivity index (χ0v) is 20.8. The molecule has 37 heavy (non-hydrogen) atoms. The average Bonchev–Trinajstić information content (AvgIpc) is 3.17. The third kappa shape index (κ3) is 5.33. The number of pyridine rings is 1. The number of hydrogen-bond donors (Lipinski definition) is 3. The summed E-state index contributed by atoms with van der Waals surface area (Å²) in [6.07, 6.45) is 5.40. The summed E-state index contributed by atoms with van der Waals surface area (Å²) in [5.74, 6) is 0.0880. The second-order valence-electron chi connectivity index (χ2n) is 9.90. The lowest BCUT2D eigenvalue weighted by Gasteiger charge is -2.40. The Morgan fingerprint density at radius 1 is 0.946 bits per heavy atom. The number of hydrogen-bond acceptors (Lipinski definition) is 5. The van der Waals surface area contributed by atoms with E-state index in [4.69, 9.17) is 5.73 Å². The van der Waals surface area contributed by atoms with Crippen molar-refractivity contribution in [1.29, 1.82) is 0 Å². The highest BCUT2D eigenvalue weighted by atomic mass is 16.2. The van der Waals surface area contributed by atoms with Gasteiger partial charge in [-0.15, -0.1) is 0 Å². The zero-order chi connectivity index (χ0) is 25.9. The maximum Gasteiger partial charge on any atom is 0.253 e. The lowest BCUT2D eigenvalue weighted by Crippen LogP contribution is -2.50. The van der Waals surface area contributed by atoms with Crippen LogP contribution in [-0.4, -0.2) is 40.8 Å². The van der Waals surface area contributed by atoms with Crippen molar-refractivity contribution >= 4 is 23.5 Å². The molecule has 2 aromatic carbocycles. The minimum atomic E-state index is -0.506. The van der Waals surface area contributed by atoms with Crippen LogP contribution in [0.3, 0.4) is 0 Å². The van der Waals surface area contributed by atoms with Crippen molar-refractivity contribution in [3.8, 4) is 0 Å². The smallest absolute Gasteiger partial charge is 0.253 e. The van der Waals surface area contributed by atoms with E-state index in [1.807, 2.05) is 49.4 Å². The molecule has 2 aliphatic heterocycles. The van der Waals surface area contributed by atoms with Gasteiger partial charge in [0, 0.05) is 42.0 Å². The van der Waals surface area contributed by atoms with Crippen LogP contribution in [0.25, 0.3) is 0 Å². The van der Waals surface area contributed by atoms with E-state index < -0.39 is 5.91 Å². The highest BCUT2D eigenvalue weighted by molar-refractivity contribution is 5.98. The Hall–Kier alpha value is -4.20. The fourth-order valence-corrected chi connectivity index (χ4v) is 5.56. The molecule has 2 atom stereocenters. The monoisotopic (exact) mass is 497 g/mol. The first-order valence-corrected chi connectivity index (χ1v) is 12.7. The van der Waals surface area contributed by atoms with Crippen LogP contribution in [0.5, 0.6) is 0 Å². The molecule has 8 nitrogen and oxygen atoms in total. The zero-order valence-electron chi connectivity index (χ0n) is 20.8. The summed E-state index contributed by atoms with van der Waals surface area (Å²) in [6, 6.07) is 19.1. The first kappa shape index (κ1) is 24.5. The third-order valence-corrected chi connectivity index (χ3v) is 7.39. The van der Waals surface area contributed by atoms with Gasteiger partial charge in [-0.1, -0.05) is 30.3 Å². The van der Waals surface area contributed by atoms with Gasteiger partial charge in [-0.3, -0.25) is 14.4 Å². The minimum Gasteiger partial charge on any atom is -0.366 e. The summed E-state index contributed by atoms with van der Waals surface area (Å²) in [5.41, 5.74) is 8.61. The van der Waals surface area contributed by atoms with Crippen molar-refractivity contribution in [1.82, 2.24) is 15.6 Å². The Bertz CT molecular complexity index is 1290. The molecule has 8 heteroatoms. The second-order valence-corrected chi connectivity index (χ2v) is 9.90. The number of carbonyl (C=O) groups is 3. The number of nitrogens with one attached hydrogen (secondary N) is 2. The lowest BCUT2D eigenvalue weighted by atomic mass is 9.96. The quantitative estimate of drug-likeness (QED) is 0.463. The molecule has 2 unspecified atom stereocenters. The lowest BCUT2D eigenvalue weighted by molar-refractivity contribution is 0.0922. The van der Waals surface area contributed by atoms with E-state index in [-0.39, 0.29) is 29.9 Å². The van der Waals surface area contributed by atoms with Gasteiger partial charge in [0.1, 0.15) is 5.82 Å². The maximum atomic E-state index is 13.0. The second kappa shape index (κ2) is 10.4. The van der Waals surface area contributed by atoms with Gasteiger partial charge in [0.15, 0.2) is 0 Å². The number of benzene rings is 2. The van der Waals surface area contributed by atoms with Crippen LogP contribution in [0, 0.1) is 6.92 Å². The number of aromatic nitrogens is 1. The molecular formula is C29H31N5O3. The van der Waals surface area contributed by atoms with Crippen molar-refractivity contribution in [2.24, 2.45) is 5.73 Å². The summed E-state index contributed by atoms with van der Waals surface area (Å²) < 4.78 is 0. The Morgan fingerprint density at radius 2 is 1.65 bits per heavy atom. The molecule has 0 radical (unpaired) electrons. The number of carbonyl (C=O) groups excluding carboxylic acids is 3. The first-order chi connectivity index (χ1) is 17.9. The molecule has 2 bridgehead atoms. The predicted octanol–water partition coefficient (Wildman–Crippen LogP) is 3.35. The molecule has 2 fully saturated rings. The van der Waals surface area contributed by atoms with Crippen LogP contribution < -0.4 is 21.3 Å². The molecule has 0 saturated carbocycles. The van der Waals surface area contributed by atoms with E-state index in [9.17, 15) is 14.4 Å². The van der Waals surface area contributed by atoms with Crippen molar-refractivity contribution in [2.45, 2.75) is 57.3 Å². The fourth-order valence-electron chi connectivity index (χ4n) is 5.56. The number of rotatable bonds is 7. The Morgan fingerprint density at radius 3 is 2.27 bits per heavy atom. The number of fused-ring (bicyclic) bond motifs is 2. The molecule has 1 aromatic heterocycles. The van der Waals surface area contributed by atoms with Gasteiger partial charge >= 0.3 is 0 Å². The van der Waals surface area contributed by atoms with E-state index in [0.29, 0.717) is 23.2 Å². The SMILES string of the molecule is Cc1cc(C(N)=O)ccc1C(=O)NC1CC2CCC(C1)N2c1ccc(C(=O)NCc2ccccc2)cn1. The number of anilines is 1. The van der Waals surface area contributed by atoms with Crippen LogP contribution in [0.4, 0.5) is 5.82 Å². The minimum absolute atomic E-state index is 0.0690. The molecule has 2 aliphatic rings. The van der Waals surface area contributed by atoms with Crippen molar-refractivity contribution in [3.05, 3.63) is 94.7 Å². The molecule has 5 rings (SSSR count). The molecule has 2 saturated heterocycles. The summed E-state index contributed by atoms with van der Waals surface area (Å²) >= 11 is 0. The van der Waals surface area contributed by atoms with Gasteiger partial charge in [-0.25, -0.2) is 4.98 Å². The van der Waals surface area contributed by atoms with Gasteiger partial charge in [0.05, 0.1) is 5.56 Å². The normalized spacial score (nSPS) is 20.4. The summed E-state index contributed by atoms with van der Waals surface area (Å²) in [4.78, 5) is 43.9. The van der Waals surface area contributed by atoms with Crippen molar-refractivity contribution < 1.29 is 14.4 Å². The largest absolute Gasteiger partial charge is 0.366 e. The number of amides is 3. The Kier molecular flexibility index (Phi) is 6.90. The third-order valence-electron chi connectivity index (χ3n) is 7.39. The summed E-state index contributed by atoms with van der Waals surface area (Å²) in [7, 11) is 0. The highest BCUT2D eigenvalue weighted by Gasteiger charge is 2.41. The average molecular weight is 498 g/mol. The van der Waals surface area contributed by atoms with Gasteiger partial charge in [-0.2, -0.15) is 0 Å². The van der Waals surface area contributed by atoms with Gasteiger partial charge in [0.25, 0.3) is 11.8 Å². The van der Waals surface area contributed by atoms with Crippen LogP contribution in [0.2, 0.25) is 0 Å². The van der Waals surface area contributed by atoms with Crippen LogP contribution in [-0.2, 0) is 6.54 Å². The van der Waals surface area contributed by atoms with E-state index in [2.05, 4.69) is 20.5 Å². The van der Waals surface area contributed by atoms with Crippen LogP contribution in [0.15, 0.2) is 66.9 Å². The molecule has 3 amide bonds. The summed E-state index contributed by atoms with van der Waals surface area (Å²) in [6.45, 7) is 2.28. The fraction of sp³-hybridized carbons (Fsp3) is 0.310. The number of nitrogens with zero attached hydrogens (tertiary/aromatic N) is 2. The molecule has 3 heterocycles. The van der Waals surface area contributed by atoms with Crippen molar-refractivity contribution in [3.63, 3.8) is 0 Å². The predicted molar refractivity (Wildman–Crippen MR) is 141 cm³/mol. The van der Waals surface area contributed by atoms with Gasteiger partial charge in [-0.05, 0) is 74.1 Å². The standard InChI is InChI=1S/C29H31N5O3/c1-18-13-20(27(30)35)7-11-25(18)29(37)33-22-14-23-9-10-24(15-22)34(23)26-12-8-21(17-31-26)28(36)32-16-19-5-3-2-4-6-19/h2-8,11-13,17,22-24H,9-10,14-16H2,1H3,(H2,30,35)(H,32,36)(H,33,37). The van der Waals surface area contributed by atoms with E-state index >= 15 is 0 Å². The van der Waals surface area contributed by atoms with E-state index in [0.717, 1.165) is 42.6 Å². The highest BCUT2D eigenvalue weighted by Crippen LogP contribution is 2.38. The molecule has 4 N–H and O–H groups in total. The molecule has 0 spiro atoms. The number of piperidine rings is 1. The Labute approximate surface area is 216 Å². The molecule has 190 valence electrons. The molecule has 3 aromatic rings. The number of primary amides is 1. The van der Waals surface area contributed by atoms with Gasteiger partial charge < -0.3 is 21.3 Å². The van der Waals surface area contributed by atoms with Crippen LogP contribution in [0.1, 0.15) is 67.9 Å². The number of nitrogens with two attached hydrogens (primary N) is 1. The Balaban J connectivity index is 1.19. The van der Waals surface area contributed by atoms with Crippen LogP contribution >= 0.6 is 0 Å². The van der Waals surface area contributed by atoms with E-state index in [1.54, 1.807) is 24.4 Å². The van der Waals surface area contributed by atoms with Crippen molar-refractivity contribution in [2.75, 3.05) is 4.90 Å². The first-order valence-electron chi connectivity index (χ1n) is 12.7. The van der Waals surface area contributed by atoms with E-state index in [1.165, 1.54) is 0 Å². The number of aryl methyl sites for hydroxylation is 1.